The van der Waals surface area contributed by atoms with Crippen molar-refractivity contribution in [2.45, 2.75) is 64.1 Å². The highest BCUT2D eigenvalue weighted by molar-refractivity contribution is 5.99. The van der Waals surface area contributed by atoms with Crippen LogP contribution < -0.4 is 21.7 Å². The van der Waals surface area contributed by atoms with E-state index < -0.39 is 6.04 Å². The first-order chi connectivity index (χ1) is 21.5. The van der Waals surface area contributed by atoms with E-state index in [4.69, 9.17) is 5.73 Å². The molecule has 228 valence electrons. The first-order valence-electron chi connectivity index (χ1n) is 15.4. The first kappa shape index (κ1) is 30.5. The van der Waals surface area contributed by atoms with E-state index in [9.17, 15) is 14.4 Å². The van der Waals surface area contributed by atoms with Crippen LogP contribution in [0.3, 0.4) is 0 Å². The number of para-hydroxylation sites is 1. The quantitative estimate of drug-likeness (QED) is 0.181. The average Bonchev–Trinajstić information content (AvgIpc) is 3.47. The van der Waals surface area contributed by atoms with E-state index in [0.717, 1.165) is 23.2 Å². The minimum atomic E-state index is -0.616. The molecule has 0 bridgehead atoms. The van der Waals surface area contributed by atoms with Crippen LogP contribution in [0.1, 0.15) is 76.8 Å². The van der Waals surface area contributed by atoms with Crippen molar-refractivity contribution in [2.75, 3.05) is 5.73 Å². The van der Waals surface area contributed by atoms with Crippen LogP contribution in [-0.4, -0.2) is 33.5 Å². The molecule has 1 heterocycles. The number of carbonyl (C=O) groups is 3. The molecule has 0 spiro atoms. The highest BCUT2D eigenvalue weighted by Gasteiger charge is 2.24. The van der Waals surface area contributed by atoms with Gasteiger partial charge in [-0.25, -0.2) is 4.68 Å². The summed E-state index contributed by atoms with van der Waals surface area (Å²) in [5, 5.41) is 13.1. The maximum Gasteiger partial charge on any atom is 0.256 e. The summed E-state index contributed by atoms with van der Waals surface area (Å²) in [6.45, 7) is 0.664. The zero-order valence-corrected chi connectivity index (χ0v) is 24.9. The van der Waals surface area contributed by atoms with Crippen LogP contribution in [0, 0.1) is 5.92 Å². The Bertz CT molecular complexity index is 1530. The molecule has 0 saturated heterocycles. The molecule has 5 N–H and O–H groups in total. The molecule has 1 saturated carbocycles. The molecule has 1 aromatic heterocycles. The zero-order chi connectivity index (χ0) is 30.7. The third-order valence-corrected chi connectivity index (χ3v) is 8.24. The van der Waals surface area contributed by atoms with Gasteiger partial charge in [-0.2, -0.15) is 5.10 Å². The van der Waals surface area contributed by atoms with Crippen LogP contribution in [0.2, 0.25) is 0 Å². The molecular formula is C35H40N6O3. The van der Waals surface area contributed by atoms with Crippen LogP contribution in [0.5, 0.6) is 0 Å². The Balaban J connectivity index is 1.17. The number of nitrogen functional groups attached to an aromatic ring is 1. The lowest BCUT2D eigenvalue weighted by Crippen LogP contribution is -2.46. The number of nitrogens with one attached hydrogen (secondary N) is 3. The van der Waals surface area contributed by atoms with Gasteiger partial charge in [-0.3, -0.25) is 14.4 Å². The van der Waals surface area contributed by atoms with Crippen molar-refractivity contribution in [3.05, 3.63) is 113 Å². The number of anilines is 1. The fourth-order valence-corrected chi connectivity index (χ4v) is 5.66. The summed E-state index contributed by atoms with van der Waals surface area (Å²) < 4.78 is 1.52. The summed E-state index contributed by atoms with van der Waals surface area (Å²) in [5.41, 5.74) is 9.53. The number of aromatic nitrogens is 2. The van der Waals surface area contributed by atoms with E-state index in [-0.39, 0.29) is 35.6 Å². The van der Waals surface area contributed by atoms with Gasteiger partial charge >= 0.3 is 0 Å². The van der Waals surface area contributed by atoms with Crippen LogP contribution in [-0.2, 0) is 17.9 Å². The van der Waals surface area contributed by atoms with E-state index >= 15 is 0 Å². The molecular weight excluding hydrogens is 552 g/mol. The molecule has 1 fully saturated rings. The second kappa shape index (κ2) is 15.0. The maximum atomic E-state index is 13.2. The molecule has 1 atom stereocenters. The normalized spacial score (nSPS) is 14.0. The van der Waals surface area contributed by atoms with Crippen molar-refractivity contribution < 1.29 is 14.4 Å². The van der Waals surface area contributed by atoms with Crippen molar-refractivity contribution in [3.63, 3.8) is 0 Å². The number of amides is 3. The standard InChI is InChI=1S/C35H40N6O3/c36-32-30(24-39-41(32)29-14-8-3-9-15-29)34(43)37-23-27-16-19-28(20-17-27)33(42)40-31(21-18-25-10-4-1-5-11-25)35(44)38-22-26-12-6-2-7-13-26/h2-3,6-9,12-17,19-20,24-25,31H,1,4-5,10-11,18,21-23,36H2,(H,37,43)(H,38,44)(H,40,42)/t31-/m0/s1. The number of nitrogens with zero attached hydrogens (tertiary/aromatic N) is 2. The van der Waals surface area contributed by atoms with E-state index in [2.05, 4.69) is 21.0 Å². The number of nitrogens with two attached hydrogens (primary N) is 1. The molecule has 1 aliphatic carbocycles. The molecule has 9 nitrogen and oxygen atoms in total. The fraction of sp³-hybridized carbons (Fsp3) is 0.314. The molecule has 1 aliphatic rings. The lowest BCUT2D eigenvalue weighted by molar-refractivity contribution is -0.123. The summed E-state index contributed by atoms with van der Waals surface area (Å²) in [6.07, 6.45) is 9.09. The van der Waals surface area contributed by atoms with Gasteiger partial charge in [0.25, 0.3) is 11.8 Å². The second-order valence-electron chi connectivity index (χ2n) is 11.4. The van der Waals surface area contributed by atoms with E-state index in [1.807, 2.05) is 60.7 Å². The Morgan fingerprint density at radius 3 is 2.14 bits per heavy atom. The molecule has 9 heteroatoms. The zero-order valence-electron chi connectivity index (χ0n) is 24.9. The monoisotopic (exact) mass is 592 g/mol. The fourth-order valence-electron chi connectivity index (χ4n) is 5.66. The highest BCUT2D eigenvalue weighted by Crippen LogP contribution is 2.28. The number of hydrogen-bond donors (Lipinski definition) is 4. The lowest BCUT2D eigenvalue weighted by Gasteiger charge is -2.24. The number of hydrogen-bond acceptors (Lipinski definition) is 5. The predicted molar refractivity (Wildman–Crippen MR) is 171 cm³/mol. The van der Waals surface area contributed by atoms with Crippen molar-refractivity contribution in [3.8, 4) is 5.69 Å². The van der Waals surface area contributed by atoms with Crippen LogP contribution in [0.4, 0.5) is 5.82 Å². The van der Waals surface area contributed by atoms with E-state index in [1.165, 1.54) is 43.0 Å². The minimum Gasteiger partial charge on any atom is -0.383 e. The molecule has 4 aromatic rings. The Morgan fingerprint density at radius 2 is 1.43 bits per heavy atom. The van der Waals surface area contributed by atoms with Gasteiger partial charge in [-0.05, 0) is 54.2 Å². The number of rotatable bonds is 12. The van der Waals surface area contributed by atoms with E-state index in [0.29, 0.717) is 24.4 Å². The Hall–Kier alpha value is -4.92. The van der Waals surface area contributed by atoms with E-state index in [1.54, 1.807) is 24.3 Å². The summed E-state index contributed by atoms with van der Waals surface area (Å²) in [5.74, 6) is 0.0420. The van der Waals surface area contributed by atoms with Gasteiger partial charge in [0.1, 0.15) is 17.4 Å². The van der Waals surface area contributed by atoms with Crippen molar-refractivity contribution >= 4 is 23.5 Å². The smallest absolute Gasteiger partial charge is 0.256 e. The third-order valence-electron chi connectivity index (χ3n) is 8.24. The SMILES string of the molecule is Nc1c(C(=O)NCc2ccc(C(=O)N[C@@H](CCC3CCCCC3)C(=O)NCc3ccccc3)cc2)cnn1-c1ccccc1. The lowest BCUT2D eigenvalue weighted by atomic mass is 9.85. The van der Waals surface area contributed by atoms with Crippen molar-refractivity contribution in [2.24, 2.45) is 5.92 Å². The molecule has 0 radical (unpaired) electrons. The molecule has 0 aliphatic heterocycles. The Labute approximate surface area is 258 Å². The molecule has 0 unspecified atom stereocenters. The second-order valence-corrected chi connectivity index (χ2v) is 11.4. The predicted octanol–water partition coefficient (Wildman–Crippen LogP) is 5.16. The summed E-state index contributed by atoms with van der Waals surface area (Å²) in [4.78, 5) is 39.2. The summed E-state index contributed by atoms with van der Waals surface area (Å²) in [6, 6.07) is 25.5. The van der Waals surface area contributed by atoms with Crippen molar-refractivity contribution in [1.29, 1.82) is 0 Å². The van der Waals surface area contributed by atoms with Gasteiger partial charge in [-0.1, -0.05) is 92.8 Å². The van der Waals surface area contributed by atoms with Crippen LogP contribution in [0.25, 0.3) is 5.69 Å². The number of benzene rings is 3. The van der Waals surface area contributed by atoms with Gasteiger partial charge in [0.2, 0.25) is 5.91 Å². The van der Waals surface area contributed by atoms with Gasteiger partial charge in [0, 0.05) is 18.7 Å². The molecule has 3 aromatic carbocycles. The molecule has 5 rings (SSSR count). The maximum absolute atomic E-state index is 13.2. The van der Waals surface area contributed by atoms with Crippen LogP contribution in [0.15, 0.2) is 91.1 Å². The van der Waals surface area contributed by atoms with Gasteiger partial charge < -0.3 is 21.7 Å². The average molecular weight is 593 g/mol. The van der Waals surface area contributed by atoms with Gasteiger partial charge in [-0.15, -0.1) is 0 Å². The van der Waals surface area contributed by atoms with Crippen molar-refractivity contribution in [1.82, 2.24) is 25.7 Å². The molecule has 44 heavy (non-hydrogen) atoms. The largest absolute Gasteiger partial charge is 0.383 e. The van der Waals surface area contributed by atoms with Gasteiger partial charge in [0.15, 0.2) is 0 Å². The Kier molecular flexibility index (Phi) is 10.4. The highest BCUT2D eigenvalue weighted by atomic mass is 16.2. The summed E-state index contributed by atoms with van der Waals surface area (Å²) in [7, 11) is 0. The minimum absolute atomic E-state index is 0.174. The topological polar surface area (TPSA) is 131 Å². The first-order valence-corrected chi connectivity index (χ1v) is 15.4. The Morgan fingerprint density at radius 1 is 0.795 bits per heavy atom. The van der Waals surface area contributed by atoms with Crippen LogP contribution >= 0.6 is 0 Å². The third kappa shape index (κ3) is 8.12. The molecule has 3 amide bonds. The summed E-state index contributed by atoms with van der Waals surface area (Å²) >= 11 is 0. The van der Waals surface area contributed by atoms with Gasteiger partial charge in [0.05, 0.1) is 11.9 Å². The number of carbonyl (C=O) groups excluding carboxylic acids is 3.